The van der Waals surface area contributed by atoms with E-state index in [1.165, 1.54) is 0 Å². The summed E-state index contributed by atoms with van der Waals surface area (Å²) in [7, 11) is 0. The summed E-state index contributed by atoms with van der Waals surface area (Å²) in [4.78, 5) is 0. The zero-order chi connectivity index (χ0) is 13.4. The van der Waals surface area contributed by atoms with E-state index in [0.717, 1.165) is 0 Å². The standard InChI is InChI=1S/C9H21NO7/c10-1-5(12)3-17-4-7(14)9(16)8(15)6(13)2-11/h5-9,11-16H,1-4,10H2. The second-order valence-electron chi connectivity index (χ2n) is 3.73. The quantitative estimate of drug-likeness (QED) is 0.218. The zero-order valence-electron chi connectivity index (χ0n) is 9.38. The summed E-state index contributed by atoms with van der Waals surface area (Å²) >= 11 is 0. The third-order valence-corrected chi connectivity index (χ3v) is 2.20. The molecule has 8 heteroatoms. The second kappa shape index (κ2) is 8.72. The molecule has 0 aromatic rings. The molecule has 0 spiro atoms. The SMILES string of the molecule is NCC(O)COCC(O)C(O)C(O)C(O)CO. The monoisotopic (exact) mass is 255 g/mol. The predicted molar refractivity (Wildman–Crippen MR) is 57.0 cm³/mol. The molecule has 0 saturated carbocycles. The van der Waals surface area contributed by atoms with Crippen molar-refractivity contribution in [3.05, 3.63) is 0 Å². The van der Waals surface area contributed by atoms with Crippen LogP contribution < -0.4 is 5.73 Å². The highest BCUT2D eigenvalue weighted by molar-refractivity contribution is 4.80. The van der Waals surface area contributed by atoms with Gasteiger partial charge in [0.15, 0.2) is 0 Å². The lowest BCUT2D eigenvalue weighted by Gasteiger charge is -2.25. The summed E-state index contributed by atoms with van der Waals surface area (Å²) in [6, 6.07) is 0. The van der Waals surface area contributed by atoms with Crippen LogP contribution in [0.3, 0.4) is 0 Å². The summed E-state index contributed by atoms with van der Waals surface area (Å²) in [5.74, 6) is 0. The maximum absolute atomic E-state index is 9.38. The van der Waals surface area contributed by atoms with Gasteiger partial charge >= 0.3 is 0 Å². The van der Waals surface area contributed by atoms with Crippen molar-refractivity contribution >= 4 is 0 Å². The van der Waals surface area contributed by atoms with Crippen molar-refractivity contribution in [2.45, 2.75) is 30.5 Å². The molecule has 8 N–H and O–H groups in total. The average molecular weight is 255 g/mol. The maximum Gasteiger partial charge on any atom is 0.111 e. The summed E-state index contributed by atoms with van der Waals surface area (Å²) in [6.45, 7) is -1.19. The van der Waals surface area contributed by atoms with Gasteiger partial charge in [0.2, 0.25) is 0 Å². The van der Waals surface area contributed by atoms with Gasteiger partial charge < -0.3 is 41.1 Å². The molecule has 5 atom stereocenters. The molecular formula is C9H21NO7. The molecule has 17 heavy (non-hydrogen) atoms. The van der Waals surface area contributed by atoms with Gasteiger partial charge in [0.1, 0.15) is 24.4 Å². The molecule has 0 radical (unpaired) electrons. The van der Waals surface area contributed by atoms with Gasteiger partial charge in [-0.2, -0.15) is 0 Å². The van der Waals surface area contributed by atoms with Crippen molar-refractivity contribution in [1.82, 2.24) is 0 Å². The molecule has 0 aliphatic heterocycles. The highest BCUT2D eigenvalue weighted by Gasteiger charge is 2.30. The van der Waals surface area contributed by atoms with E-state index in [2.05, 4.69) is 0 Å². The minimum Gasteiger partial charge on any atom is -0.394 e. The van der Waals surface area contributed by atoms with E-state index in [1.807, 2.05) is 0 Å². The largest absolute Gasteiger partial charge is 0.394 e. The Kier molecular flexibility index (Phi) is 8.56. The van der Waals surface area contributed by atoms with Crippen LogP contribution in [0.5, 0.6) is 0 Å². The van der Waals surface area contributed by atoms with E-state index in [1.54, 1.807) is 0 Å². The third-order valence-electron chi connectivity index (χ3n) is 2.20. The predicted octanol–water partition coefficient (Wildman–Crippen LogP) is -4.24. The van der Waals surface area contributed by atoms with Crippen molar-refractivity contribution in [3.8, 4) is 0 Å². The zero-order valence-corrected chi connectivity index (χ0v) is 9.38. The Morgan fingerprint density at radius 2 is 1.41 bits per heavy atom. The number of hydrogen-bond acceptors (Lipinski definition) is 8. The van der Waals surface area contributed by atoms with Crippen molar-refractivity contribution < 1.29 is 35.4 Å². The molecule has 0 aliphatic carbocycles. The first kappa shape index (κ1) is 16.7. The smallest absolute Gasteiger partial charge is 0.111 e. The highest BCUT2D eigenvalue weighted by Crippen LogP contribution is 2.05. The van der Waals surface area contributed by atoms with Gasteiger partial charge in [-0.05, 0) is 0 Å². The molecule has 8 nitrogen and oxygen atoms in total. The second-order valence-corrected chi connectivity index (χ2v) is 3.73. The van der Waals surface area contributed by atoms with Gasteiger partial charge in [-0.15, -0.1) is 0 Å². The number of aliphatic hydroxyl groups excluding tert-OH is 6. The molecule has 0 aromatic heterocycles. The van der Waals surface area contributed by atoms with Crippen LogP contribution in [0.4, 0.5) is 0 Å². The lowest BCUT2D eigenvalue weighted by atomic mass is 10.0. The van der Waals surface area contributed by atoms with Crippen LogP contribution in [0, 0.1) is 0 Å². The topological polar surface area (TPSA) is 157 Å². The fourth-order valence-corrected chi connectivity index (χ4v) is 1.05. The van der Waals surface area contributed by atoms with Gasteiger partial charge in [0, 0.05) is 6.54 Å². The first-order chi connectivity index (χ1) is 7.93. The van der Waals surface area contributed by atoms with Gasteiger partial charge in [-0.25, -0.2) is 0 Å². The Hall–Kier alpha value is -0.320. The number of aliphatic hydroxyl groups is 6. The first-order valence-electron chi connectivity index (χ1n) is 5.23. The van der Waals surface area contributed by atoms with Crippen LogP contribution in [0.2, 0.25) is 0 Å². The van der Waals surface area contributed by atoms with E-state index >= 15 is 0 Å². The molecule has 104 valence electrons. The van der Waals surface area contributed by atoms with Crippen LogP contribution in [0.15, 0.2) is 0 Å². The molecule has 0 rings (SSSR count). The number of ether oxygens (including phenoxy) is 1. The van der Waals surface area contributed by atoms with Crippen molar-refractivity contribution in [2.24, 2.45) is 5.73 Å². The molecule has 0 bridgehead atoms. The fourth-order valence-electron chi connectivity index (χ4n) is 1.05. The number of hydrogen-bond donors (Lipinski definition) is 7. The lowest BCUT2D eigenvalue weighted by Crippen LogP contribution is -2.47. The van der Waals surface area contributed by atoms with Crippen LogP contribution in [0.1, 0.15) is 0 Å². The molecule has 0 fully saturated rings. The third kappa shape index (κ3) is 6.24. The van der Waals surface area contributed by atoms with Crippen LogP contribution in [0.25, 0.3) is 0 Å². The summed E-state index contributed by atoms with van der Waals surface area (Å²) < 4.78 is 4.84. The Morgan fingerprint density at radius 3 is 1.88 bits per heavy atom. The van der Waals surface area contributed by atoms with Crippen molar-refractivity contribution in [2.75, 3.05) is 26.4 Å². The molecule has 0 aliphatic rings. The molecular weight excluding hydrogens is 234 g/mol. The Labute approximate surface area is 98.9 Å². The summed E-state index contributed by atoms with van der Waals surface area (Å²) in [6.07, 6.45) is -7.21. The summed E-state index contributed by atoms with van der Waals surface area (Å²) in [5, 5.41) is 54.6. The van der Waals surface area contributed by atoms with Crippen LogP contribution in [-0.4, -0.2) is 87.5 Å². The van der Waals surface area contributed by atoms with Crippen LogP contribution in [-0.2, 0) is 4.74 Å². The van der Waals surface area contributed by atoms with Gasteiger partial charge in [-0.1, -0.05) is 0 Å². The number of nitrogens with two attached hydrogens (primary N) is 1. The lowest BCUT2D eigenvalue weighted by molar-refractivity contribution is -0.131. The molecule has 5 unspecified atom stereocenters. The molecule has 0 amide bonds. The Morgan fingerprint density at radius 1 is 0.882 bits per heavy atom. The Bertz CT molecular complexity index is 194. The summed E-state index contributed by atoms with van der Waals surface area (Å²) in [5.41, 5.74) is 5.11. The molecule has 0 saturated heterocycles. The van der Waals surface area contributed by atoms with Gasteiger partial charge in [-0.3, -0.25) is 0 Å². The van der Waals surface area contributed by atoms with Gasteiger partial charge in [0.05, 0.1) is 25.9 Å². The minimum absolute atomic E-state index is 0.00446. The van der Waals surface area contributed by atoms with E-state index in [-0.39, 0.29) is 19.8 Å². The minimum atomic E-state index is -1.68. The van der Waals surface area contributed by atoms with E-state index in [9.17, 15) is 15.3 Å². The average Bonchev–Trinajstić information content (AvgIpc) is 2.35. The van der Waals surface area contributed by atoms with E-state index in [0.29, 0.717) is 0 Å². The van der Waals surface area contributed by atoms with Crippen molar-refractivity contribution in [3.63, 3.8) is 0 Å². The van der Waals surface area contributed by atoms with Crippen molar-refractivity contribution in [1.29, 1.82) is 0 Å². The normalized spacial score (nSPS) is 20.6. The van der Waals surface area contributed by atoms with Gasteiger partial charge in [0.25, 0.3) is 0 Å². The maximum atomic E-state index is 9.38. The van der Waals surface area contributed by atoms with E-state index < -0.39 is 37.1 Å². The fraction of sp³-hybridized carbons (Fsp3) is 1.00. The van der Waals surface area contributed by atoms with E-state index in [4.69, 9.17) is 25.8 Å². The molecule has 0 aromatic carbocycles. The molecule has 0 heterocycles. The van der Waals surface area contributed by atoms with Crippen LogP contribution >= 0.6 is 0 Å². The Balaban J connectivity index is 3.92. The number of rotatable bonds is 9. The first-order valence-corrected chi connectivity index (χ1v) is 5.23. The highest BCUT2D eigenvalue weighted by atomic mass is 16.5.